The summed E-state index contributed by atoms with van der Waals surface area (Å²) in [4.78, 5) is 43.9. The van der Waals surface area contributed by atoms with Crippen LogP contribution in [0.3, 0.4) is 0 Å². The van der Waals surface area contributed by atoms with Gasteiger partial charge in [-0.05, 0) is 40.3 Å². The van der Waals surface area contributed by atoms with Crippen LogP contribution in [0.5, 0.6) is 5.75 Å². The Morgan fingerprint density at radius 2 is 1.70 bits per heavy atom. The van der Waals surface area contributed by atoms with Crippen molar-refractivity contribution in [1.82, 2.24) is 25.5 Å². The van der Waals surface area contributed by atoms with Crippen molar-refractivity contribution >= 4 is 11.9 Å². The van der Waals surface area contributed by atoms with Gasteiger partial charge in [0.25, 0.3) is 5.09 Å². The fourth-order valence-electron chi connectivity index (χ4n) is 4.78. The number of aromatic nitrogens is 4. The second kappa shape index (κ2) is 14.7. The largest absolute Gasteiger partial charge is 0.425 e. The molecule has 1 aromatic heterocycles. The number of esters is 1. The summed E-state index contributed by atoms with van der Waals surface area (Å²) in [6, 6.07) is 21.0. The third-order valence-corrected chi connectivity index (χ3v) is 6.91. The minimum Gasteiger partial charge on any atom is -0.425 e. The molecular formula is C31H34N6O6. The maximum Gasteiger partial charge on any atom is 0.334 e. The van der Waals surface area contributed by atoms with E-state index in [2.05, 4.69) is 25.5 Å². The van der Waals surface area contributed by atoms with Gasteiger partial charge < -0.3 is 14.5 Å². The molecule has 43 heavy (non-hydrogen) atoms. The molecule has 1 amide bonds. The predicted octanol–water partition coefficient (Wildman–Crippen LogP) is 5.39. The first kappa shape index (κ1) is 30.8. The van der Waals surface area contributed by atoms with Gasteiger partial charge in [-0.2, -0.15) is 5.21 Å². The Hall–Kier alpha value is -5.13. The van der Waals surface area contributed by atoms with E-state index in [1.807, 2.05) is 69.3 Å². The van der Waals surface area contributed by atoms with Gasteiger partial charge in [0.1, 0.15) is 18.4 Å². The van der Waals surface area contributed by atoms with Crippen LogP contribution in [0.25, 0.3) is 22.5 Å². The predicted molar refractivity (Wildman–Crippen MR) is 158 cm³/mol. The highest BCUT2D eigenvalue weighted by Crippen LogP contribution is 2.30. The van der Waals surface area contributed by atoms with Crippen LogP contribution < -0.4 is 4.74 Å². The second-order valence-electron chi connectivity index (χ2n) is 10.3. The van der Waals surface area contributed by atoms with E-state index in [-0.39, 0.29) is 37.1 Å². The first-order valence-electron chi connectivity index (χ1n) is 14.1. The Labute approximate surface area is 249 Å². The Morgan fingerprint density at radius 1 is 1.00 bits per heavy atom. The quantitative estimate of drug-likeness (QED) is 0.0886. The Morgan fingerprint density at radius 3 is 2.35 bits per heavy atom. The maximum atomic E-state index is 13.6. The number of benzene rings is 3. The lowest BCUT2D eigenvalue weighted by Gasteiger charge is -2.33. The molecule has 0 saturated carbocycles. The number of tetrazole rings is 1. The van der Waals surface area contributed by atoms with Gasteiger partial charge in [-0.15, -0.1) is 20.3 Å². The molecule has 0 fully saturated rings. The highest BCUT2D eigenvalue weighted by molar-refractivity contribution is 5.86. The molecular weight excluding hydrogens is 552 g/mol. The van der Waals surface area contributed by atoms with Crippen LogP contribution in [0.15, 0.2) is 72.8 Å². The molecule has 0 radical (unpaired) electrons. The topological polar surface area (TPSA) is 153 Å². The SMILES string of the molecule is CCCCC(=O)N(Cc1ccc(-c2ccccc2-c2nn[nH]n2)cc1)[C@H](C(=O)Oc1ccccc1CO[N+](=O)[O-])C(C)C. The van der Waals surface area contributed by atoms with Crippen LogP contribution in [0, 0.1) is 16.0 Å². The van der Waals surface area contributed by atoms with Crippen molar-refractivity contribution in [3.63, 3.8) is 0 Å². The van der Waals surface area contributed by atoms with Crippen molar-refractivity contribution in [2.24, 2.45) is 5.92 Å². The molecule has 0 spiro atoms. The van der Waals surface area contributed by atoms with Gasteiger partial charge in [0.05, 0.1) is 0 Å². The van der Waals surface area contributed by atoms with Gasteiger partial charge >= 0.3 is 5.97 Å². The average molecular weight is 587 g/mol. The summed E-state index contributed by atoms with van der Waals surface area (Å²) >= 11 is 0. The number of hydrogen-bond donors (Lipinski definition) is 1. The van der Waals surface area contributed by atoms with E-state index in [1.165, 1.54) is 0 Å². The van der Waals surface area contributed by atoms with E-state index in [0.717, 1.165) is 28.7 Å². The van der Waals surface area contributed by atoms with Gasteiger partial charge in [0.2, 0.25) is 11.7 Å². The number of rotatable bonds is 14. The molecule has 4 aromatic rings. The second-order valence-corrected chi connectivity index (χ2v) is 10.3. The Kier molecular flexibility index (Phi) is 10.5. The summed E-state index contributed by atoms with van der Waals surface area (Å²) in [6.45, 7) is 5.53. The van der Waals surface area contributed by atoms with E-state index in [4.69, 9.17) is 4.74 Å². The summed E-state index contributed by atoms with van der Waals surface area (Å²) in [5.41, 5.74) is 3.86. The molecule has 0 aliphatic heterocycles. The van der Waals surface area contributed by atoms with Gasteiger partial charge in [-0.1, -0.05) is 93.9 Å². The van der Waals surface area contributed by atoms with E-state index >= 15 is 0 Å². The Bertz CT molecular complexity index is 1520. The summed E-state index contributed by atoms with van der Waals surface area (Å²) in [5, 5.41) is 24.2. The van der Waals surface area contributed by atoms with Crippen molar-refractivity contribution in [1.29, 1.82) is 0 Å². The summed E-state index contributed by atoms with van der Waals surface area (Å²) in [6.07, 6.45) is 1.80. The molecule has 12 heteroatoms. The number of amides is 1. The van der Waals surface area contributed by atoms with Crippen LogP contribution in [-0.4, -0.2) is 48.5 Å². The van der Waals surface area contributed by atoms with Crippen LogP contribution >= 0.6 is 0 Å². The minimum atomic E-state index is -0.904. The maximum absolute atomic E-state index is 13.6. The lowest BCUT2D eigenvalue weighted by molar-refractivity contribution is -0.763. The highest BCUT2D eigenvalue weighted by Gasteiger charge is 2.34. The first-order chi connectivity index (χ1) is 20.8. The van der Waals surface area contributed by atoms with Crippen molar-refractivity contribution < 1.29 is 24.3 Å². The molecule has 0 aliphatic carbocycles. The van der Waals surface area contributed by atoms with Gasteiger partial charge in [0.15, 0.2) is 0 Å². The lowest BCUT2D eigenvalue weighted by Crippen LogP contribution is -2.49. The number of carbonyl (C=O) groups excluding carboxylic acids is 2. The molecule has 0 saturated heterocycles. The van der Waals surface area contributed by atoms with Crippen LogP contribution in [0.2, 0.25) is 0 Å². The van der Waals surface area contributed by atoms with E-state index < -0.39 is 17.1 Å². The number of hydrogen-bond acceptors (Lipinski definition) is 9. The highest BCUT2D eigenvalue weighted by atomic mass is 16.9. The molecule has 0 unspecified atom stereocenters. The number of nitrogens with zero attached hydrogens (tertiary/aromatic N) is 5. The van der Waals surface area contributed by atoms with Crippen LogP contribution in [-0.2, 0) is 27.6 Å². The molecule has 1 N–H and O–H groups in total. The van der Waals surface area contributed by atoms with Gasteiger partial charge in [0, 0.05) is 24.1 Å². The zero-order valence-corrected chi connectivity index (χ0v) is 24.3. The number of unbranched alkanes of at least 4 members (excludes halogenated alkanes) is 1. The van der Waals surface area contributed by atoms with Crippen molar-refractivity contribution in [3.8, 4) is 28.3 Å². The smallest absolute Gasteiger partial charge is 0.334 e. The summed E-state index contributed by atoms with van der Waals surface area (Å²) in [5.74, 6) is -0.433. The third-order valence-electron chi connectivity index (χ3n) is 6.91. The summed E-state index contributed by atoms with van der Waals surface area (Å²) in [7, 11) is 0. The van der Waals surface area contributed by atoms with Gasteiger partial charge in [-0.25, -0.2) is 4.79 Å². The molecule has 1 atom stereocenters. The van der Waals surface area contributed by atoms with Crippen molar-refractivity contribution in [2.45, 2.75) is 59.2 Å². The van der Waals surface area contributed by atoms with Crippen LogP contribution in [0.1, 0.15) is 51.2 Å². The average Bonchev–Trinajstić information content (AvgIpc) is 3.54. The number of carbonyl (C=O) groups is 2. The van der Waals surface area contributed by atoms with Crippen molar-refractivity contribution in [3.05, 3.63) is 94.0 Å². The third kappa shape index (κ3) is 8.00. The number of nitrogens with one attached hydrogen (secondary N) is 1. The lowest BCUT2D eigenvalue weighted by atomic mass is 9.97. The fraction of sp³-hybridized carbons (Fsp3) is 0.323. The van der Waals surface area contributed by atoms with Crippen molar-refractivity contribution in [2.75, 3.05) is 0 Å². The number of H-pyrrole nitrogens is 1. The normalized spacial score (nSPS) is 11.6. The molecule has 0 aliphatic rings. The standard InChI is InChI=1S/C31H34N6O6/c1-4-5-14-28(38)36(29(21(2)3)31(39)43-27-13-9-6-10-24(27)20-42-37(40)41)19-22-15-17-23(18-16-22)25-11-7-8-12-26(25)30-32-34-35-33-30/h6-13,15-18,21,29H,4-5,14,19-20H2,1-3H3,(H,32,33,34,35)/t29-/m0/s1. The number of aromatic amines is 1. The van der Waals surface area contributed by atoms with Crippen LogP contribution in [0.4, 0.5) is 0 Å². The molecule has 12 nitrogen and oxygen atoms in total. The zero-order chi connectivity index (χ0) is 30.8. The number of para-hydroxylation sites is 1. The zero-order valence-electron chi connectivity index (χ0n) is 24.3. The Balaban J connectivity index is 1.60. The van der Waals surface area contributed by atoms with E-state index in [1.54, 1.807) is 29.2 Å². The number of ether oxygens (including phenoxy) is 1. The van der Waals surface area contributed by atoms with E-state index in [9.17, 15) is 19.7 Å². The summed E-state index contributed by atoms with van der Waals surface area (Å²) < 4.78 is 5.75. The first-order valence-corrected chi connectivity index (χ1v) is 14.1. The molecule has 4 rings (SSSR count). The molecule has 1 heterocycles. The molecule has 3 aromatic carbocycles. The van der Waals surface area contributed by atoms with Gasteiger partial charge in [-0.3, -0.25) is 4.79 Å². The fourth-order valence-corrected chi connectivity index (χ4v) is 4.78. The van der Waals surface area contributed by atoms with E-state index in [0.29, 0.717) is 17.8 Å². The molecule has 224 valence electrons. The minimum absolute atomic E-state index is 0.144. The monoisotopic (exact) mass is 586 g/mol. The molecule has 0 bridgehead atoms.